The molecule has 1 aromatic heterocycles. The van der Waals surface area contributed by atoms with Crippen molar-refractivity contribution in [1.82, 2.24) is 15.5 Å². The first-order valence-electron chi connectivity index (χ1n) is 6.77. The summed E-state index contributed by atoms with van der Waals surface area (Å²) in [6.45, 7) is 6.40. The number of halogens is 1. The molecule has 5 heteroatoms. The Kier molecular flexibility index (Phi) is 4.94. The minimum absolute atomic E-state index is 0.338. The molecule has 2 aromatic rings. The van der Waals surface area contributed by atoms with Gasteiger partial charge in [0.2, 0.25) is 11.7 Å². The number of nitrogens with zero attached hydrogens (tertiary/aromatic N) is 2. The van der Waals surface area contributed by atoms with Crippen LogP contribution in [0.4, 0.5) is 0 Å². The lowest BCUT2D eigenvalue weighted by atomic mass is 10.0. The van der Waals surface area contributed by atoms with E-state index in [1.165, 1.54) is 5.56 Å². The Bertz CT molecular complexity index is 580. The molecule has 1 heterocycles. The molecule has 0 saturated heterocycles. The molecule has 0 bridgehead atoms. The van der Waals surface area contributed by atoms with E-state index in [0.29, 0.717) is 23.7 Å². The Labute approximate surface area is 128 Å². The summed E-state index contributed by atoms with van der Waals surface area (Å²) in [4.78, 5) is 4.49. The van der Waals surface area contributed by atoms with Crippen LogP contribution >= 0.6 is 15.9 Å². The molecule has 0 aliphatic heterocycles. The van der Waals surface area contributed by atoms with E-state index < -0.39 is 0 Å². The number of aromatic nitrogens is 2. The van der Waals surface area contributed by atoms with E-state index in [9.17, 15) is 0 Å². The number of aryl methyl sites for hydroxylation is 1. The molecular formula is C15H20BrN3O. The van der Waals surface area contributed by atoms with Crippen LogP contribution in [0, 0.1) is 12.8 Å². The van der Waals surface area contributed by atoms with E-state index >= 15 is 0 Å². The number of hydrogen-bond donors (Lipinski definition) is 1. The largest absolute Gasteiger partial charge is 0.339 e. The van der Waals surface area contributed by atoms with Gasteiger partial charge < -0.3 is 9.84 Å². The summed E-state index contributed by atoms with van der Waals surface area (Å²) in [5.74, 6) is 1.81. The van der Waals surface area contributed by atoms with Gasteiger partial charge >= 0.3 is 0 Å². The molecule has 2 rings (SSSR count). The standard InChI is InChI=1S/C15H20BrN3O/c1-9(2)13(17-4)8-14-18-15(19-20-14)11-6-5-10(3)7-12(11)16/h5-7,9,13,17H,8H2,1-4H3. The van der Waals surface area contributed by atoms with Gasteiger partial charge in [-0.1, -0.05) is 41.0 Å². The number of hydrogen-bond acceptors (Lipinski definition) is 4. The van der Waals surface area contributed by atoms with Gasteiger partial charge in [-0.05, 0) is 37.6 Å². The van der Waals surface area contributed by atoms with Gasteiger partial charge in [0.25, 0.3) is 0 Å². The first-order chi connectivity index (χ1) is 9.51. The highest BCUT2D eigenvalue weighted by molar-refractivity contribution is 9.10. The van der Waals surface area contributed by atoms with Gasteiger partial charge in [-0.2, -0.15) is 4.98 Å². The Morgan fingerprint density at radius 2 is 2.10 bits per heavy atom. The quantitative estimate of drug-likeness (QED) is 0.905. The number of nitrogens with one attached hydrogen (secondary N) is 1. The summed E-state index contributed by atoms with van der Waals surface area (Å²) in [6, 6.07) is 6.44. The van der Waals surface area contributed by atoms with Crippen LogP contribution in [0.5, 0.6) is 0 Å². The Morgan fingerprint density at radius 3 is 2.70 bits per heavy atom. The number of rotatable bonds is 5. The second-order valence-electron chi connectivity index (χ2n) is 5.34. The van der Waals surface area contributed by atoms with Crippen molar-refractivity contribution < 1.29 is 4.52 Å². The normalized spacial score (nSPS) is 12.9. The van der Waals surface area contributed by atoms with Crippen LogP contribution < -0.4 is 5.32 Å². The van der Waals surface area contributed by atoms with Crippen LogP contribution in [0.2, 0.25) is 0 Å². The van der Waals surface area contributed by atoms with Crippen molar-refractivity contribution in [2.75, 3.05) is 7.05 Å². The van der Waals surface area contributed by atoms with Gasteiger partial charge in [-0.25, -0.2) is 0 Å². The molecule has 0 aliphatic carbocycles. The van der Waals surface area contributed by atoms with Crippen LogP contribution in [-0.4, -0.2) is 23.2 Å². The average molecular weight is 338 g/mol. The summed E-state index contributed by atoms with van der Waals surface area (Å²) >= 11 is 3.55. The second-order valence-corrected chi connectivity index (χ2v) is 6.19. The van der Waals surface area contributed by atoms with Gasteiger partial charge in [0, 0.05) is 22.5 Å². The minimum atomic E-state index is 0.338. The second kappa shape index (κ2) is 6.50. The Balaban J connectivity index is 2.20. The zero-order valence-electron chi connectivity index (χ0n) is 12.3. The van der Waals surface area contributed by atoms with Crippen molar-refractivity contribution in [1.29, 1.82) is 0 Å². The average Bonchev–Trinajstić information content (AvgIpc) is 2.83. The Hall–Kier alpha value is -1.20. The zero-order valence-corrected chi connectivity index (χ0v) is 13.9. The van der Waals surface area contributed by atoms with Gasteiger partial charge in [0.05, 0.1) is 0 Å². The molecule has 1 aromatic carbocycles. The summed E-state index contributed by atoms with van der Waals surface area (Å²) in [5, 5.41) is 7.36. The minimum Gasteiger partial charge on any atom is -0.339 e. The first-order valence-corrected chi connectivity index (χ1v) is 7.57. The molecule has 0 amide bonds. The maximum absolute atomic E-state index is 5.36. The van der Waals surface area contributed by atoms with E-state index in [-0.39, 0.29) is 0 Å². The van der Waals surface area contributed by atoms with Gasteiger partial charge in [-0.15, -0.1) is 0 Å². The van der Waals surface area contributed by atoms with E-state index in [1.807, 2.05) is 19.2 Å². The molecule has 0 aliphatic rings. The molecule has 0 fully saturated rings. The predicted octanol–water partition coefficient (Wildman–Crippen LogP) is 3.59. The van der Waals surface area contributed by atoms with Crippen molar-refractivity contribution >= 4 is 15.9 Å². The van der Waals surface area contributed by atoms with Crippen LogP contribution in [0.1, 0.15) is 25.3 Å². The highest BCUT2D eigenvalue weighted by Gasteiger charge is 2.17. The molecule has 0 spiro atoms. The molecule has 1 N–H and O–H groups in total. The van der Waals surface area contributed by atoms with Crippen LogP contribution in [-0.2, 0) is 6.42 Å². The summed E-state index contributed by atoms with van der Waals surface area (Å²) in [6.07, 6.45) is 0.741. The first kappa shape index (κ1) is 15.2. The van der Waals surface area contributed by atoms with Crippen LogP contribution in [0.3, 0.4) is 0 Å². The topological polar surface area (TPSA) is 51.0 Å². The SMILES string of the molecule is CNC(Cc1nc(-c2ccc(C)cc2Br)no1)C(C)C. The molecule has 1 unspecified atom stereocenters. The smallest absolute Gasteiger partial charge is 0.228 e. The number of benzene rings is 1. The lowest BCUT2D eigenvalue weighted by Gasteiger charge is -2.17. The highest BCUT2D eigenvalue weighted by Crippen LogP contribution is 2.27. The summed E-state index contributed by atoms with van der Waals surface area (Å²) < 4.78 is 6.35. The van der Waals surface area contributed by atoms with Crippen molar-refractivity contribution in [3.05, 3.63) is 34.1 Å². The van der Waals surface area contributed by atoms with E-state index in [1.54, 1.807) is 0 Å². The van der Waals surface area contributed by atoms with Crippen molar-refractivity contribution in [3.8, 4) is 11.4 Å². The lowest BCUT2D eigenvalue weighted by Crippen LogP contribution is -2.32. The Morgan fingerprint density at radius 1 is 1.35 bits per heavy atom. The van der Waals surface area contributed by atoms with Crippen LogP contribution in [0.25, 0.3) is 11.4 Å². The van der Waals surface area contributed by atoms with Gasteiger partial charge in [0.15, 0.2) is 0 Å². The molecule has 108 valence electrons. The fourth-order valence-electron chi connectivity index (χ4n) is 2.11. The molecule has 0 radical (unpaired) electrons. The molecule has 0 saturated carbocycles. The summed E-state index contributed by atoms with van der Waals surface area (Å²) in [7, 11) is 1.96. The number of likely N-dealkylation sites (N-methyl/N-ethyl adjacent to an activating group) is 1. The third-order valence-corrected chi connectivity index (χ3v) is 4.06. The van der Waals surface area contributed by atoms with Crippen molar-refractivity contribution in [3.63, 3.8) is 0 Å². The molecule has 20 heavy (non-hydrogen) atoms. The monoisotopic (exact) mass is 337 g/mol. The van der Waals surface area contributed by atoms with Crippen molar-refractivity contribution in [2.24, 2.45) is 5.92 Å². The van der Waals surface area contributed by atoms with E-state index in [4.69, 9.17) is 4.52 Å². The fraction of sp³-hybridized carbons (Fsp3) is 0.467. The van der Waals surface area contributed by atoms with Gasteiger partial charge in [-0.3, -0.25) is 0 Å². The predicted molar refractivity (Wildman–Crippen MR) is 83.6 cm³/mol. The highest BCUT2D eigenvalue weighted by atomic mass is 79.9. The molecular weight excluding hydrogens is 318 g/mol. The van der Waals surface area contributed by atoms with Gasteiger partial charge in [0.1, 0.15) is 0 Å². The summed E-state index contributed by atoms with van der Waals surface area (Å²) in [5.41, 5.74) is 2.15. The third-order valence-electron chi connectivity index (χ3n) is 3.40. The van der Waals surface area contributed by atoms with E-state index in [2.05, 4.69) is 58.2 Å². The lowest BCUT2D eigenvalue weighted by molar-refractivity contribution is 0.335. The fourth-order valence-corrected chi connectivity index (χ4v) is 2.78. The van der Waals surface area contributed by atoms with E-state index in [0.717, 1.165) is 16.5 Å². The zero-order chi connectivity index (χ0) is 14.7. The maximum Gasteiger partial charge on any atom is 0.228 e. The third kappa shape index (κ3) is 3.46. The maximum atomic E-state index is 5.36. The molecule has 1 atom stereocenters. The van der Waals surface area contributed by atoms with Crippen LogP contribution in [0.15, 0.2) is 27.2 Å². The molecule has 4 nitrogen and oxygen atoms in total. The van der Waals surface area contributed by atoms with Crippen molar-refractivity contribution in [2.45, 2.75) is 33.2 Å².